The lowest BCUT2D eigenvalue weighted by molar-refractivity contribution is -0.101. The van der Waals surface area contributed by atoms with Crippen LogP contribution in [0.1, 0.15) is 19.4 Å². The summed E-state index contributed by atoms with van der Waals surface area (Å²) in [4.78, 5) is 2.07. The van der Waals surface area contributed by atoms with Gasteiger partial charge in [0.05, 0.1) is 29.6 Å². The highest BCUT2D eigenvalue weighted by Gasteiger charge is 2.33. The first-order valence-electron chi connectivity index (χ1n) is 6.28. The van der Waals surface area contributed by atoms with Gasteiger partial charge in [-0.2, -0.15) is 5.26 Å². The summed E-state index contributed by atoms with van der Waals surface area (Å²) in [5.74, 6) is 0. The zero-order valence-electron chi connectivity index (χ0n) is 11.3. The Morgan fingerprint density at radius 3 is 2.95 bits per heavy atom. The van der Waals surface area contributed by atoms with Crippen molar-refractivity contribution in [2.24, 2.45) is 0 Å². The Balaban J connectivity index is 2.33. The van der Waals surface area contributed by atoms with E-state index in [2.05, 4.69) is 11.0 Å². The lowest BCUT2D eigenvalue weighted by Gasteiger charge is -2.43. The average molecular weight is 261 g/mol. The standard InChI is InChI=1S/C14H19N3O2/c1-14(2)9-17(7-12(8-18)19-14)13-4-3-11(16)5-10(13)6-15/h3-5,12,18H,7-9,16H2,1-2H3. The molecule has 1 fully saturated rings. The van der Waals surface area contributed by atoms with Crippen LogP contribution in [0.5, 0.6) is 0 Å². The van der Waals surface area contributed by atoms with E-state index < -0.39 is 0 Å². The average Bonchev–Trinajstić information content (AvgIpc) is 2.36. The molecule has 1 aliphatic rings. The predicted octanol–water partition coefficient (Wildman–Crippen LogP) is 1.12. The predicted molar refractivity (Wildman–Crippen MR) is 73.8 cm³/mol. The van der Waals surface area contributed by atoms with Crippen LogP contribution < -0.4 is 10.6 Å². The second-order valence-electron chi connectivity index (χ2n) is 5.45. The molecule has 5 nitrogen and oxygen atoms in total. The molecule has 0 bridgehead atoms. The highest BCUT2D eigenvalue weighted by molar-refractivity contribution is 5.64. The van der Waals surface area contributed by atoms with Gasteiger partial charge in [0.25, 0.3) is 0 Å². The highest BCUT2D eigenvalue weighted by atomic mass is 16.5. The molecule has 19 heavy (non-hydrogen) atoms. The normalized spacial score (nSPS) is 22.0. The van der Waals surface area contributed by atoms with Crippen molar-refractivity contribution in [1.82, 2.24) is 0 Å². The molecule has 1 aliphatic heterocycles. The zero-order chi connectivity index (χ0) is 14.0. The summed E-state index contributed by atoms with van der Waals surface area (Å²) in [7, 11) is 0. The van der Waals surface area contributed by atoms with E-state index in [9.17, 15) is 10.4 Å². The monoisotopic (exact) mass is 261 g/mol. The van der Waals surface area contributed by atoms with Crippen molar-refractivity contribution in [2.45, 2.75) is 25.6 Å². The second kappa shape index (κ2) is 5.08. The van der Waals surface area contributed by atoms with Gasteiger partial charge in [-0.1, -0.05) is 0 Å². The Morgan fingerprint density at radius 1 is 1.58 bits per heavy atom. The summed E-state index contributed by atoms with van der Waals surface area (Å²) < 4.78 is 5.77. The minimum absolute atomic E-state index is 0.0310. The van der Waals surface area contributed by atoms with Gasteiger partial charge in [-0.15, -0.1) is 0 Å². The third-order valence-electron chi connectivity index (χ3n) is 3.17. The maximum atomic E-state index is 9.32. The van der Waals surface area contributed by atoms with Gasteiger partial charge in [0.2, 0.25) is 0 Å². The van der Waals surface area contributed by atoms with Gasteiger partial charge < -0.3 is 20.5 Å². The van der Waals surface area contributed by atoms with Gasteiger partial charge in [0, 0.05) is 18.8 Å². The lowest BCUT2D eigenvalue weighted by Crippen LogP contribution is -2.54. The molecule has 0 aliphatic carbocycles. The molecule has 5 heteroatoms. The Kier molecular flexibility index (Phi) is 3.65. The zero-order valence-corrected chi connectivity index (χ0v) is 11.3. The summed E-state index contributed by atoms with van der Waals surface area (Å²) in [5, 5.41) is 18.5. The summed E-state index contributed by atoms with van der Waals surface area (Å²) in [6.45, 7) is 5.16. The minimum Gasteiger partial charge on any atom is -0.399 e. The molecule has 2 rings (SSSR count). The van der Waals surface area contributed by atoms with Crippen LogP contribution in [0.3, 0.4) is 0 Å². The summed E-state index contributed by atoms with van der Waals surface area (Å²) in [5.41, 5.74) is 7.31. The summed E-state index contributed by atoms with van der Waals surface area (Å²) in [6, 6.07) is 7.48. The first-order valence-corrected chi connectivity index (χ1v) is 6.28. The molecular formula is C14H19N3O2. The molecule has 1 aromatic rings. The van der Waals surface area contributed by atoms with Crippen LogP contribution in [0.25, 0.3) is 0 Å². The molecule has 1 saturated heterocycles. The number of morpholine rings is 1. The van der Waals surface area contributed by atoms with Crippen molar-refractivity contribution in [3.8, 4) is 6.07 Å². The number of hydrogen-bond acceptors (Lipinski definition) is 5. The Morgan fingerprint density at radius 2 is 2.32 bits per heavy atom. The number of rotatable bonds is 2. The largest absolute Gasteiger partial charge is 0.399 e. The van der Waals surface area contributed by atoms with Crippen LogP contribution in [0.15, 0.2) is 18.2 Å². The van der Waals surface area contributed by atoms with E-state index in [-0.39, 0.29) is 18.3 Å². The van der Waals surface area contributed by atoms with Gasteiger partial charge >= 0.3 is 0 Å². The van der Waals surface area contributed by atoms with Crippen molar-refractivity contribution in [1.29, 1.82) is 5.26 Å². The molecule has 0 spiro atoms. The van der Waals surface area contributed by atoms with Gasteiger partial charge in [-0.3, -0.25) is 0 Å². The van der Waals surface area contributed by atoms with Crippen LogP contribution in [0.4, 0.5) is 11.4 Å². The molecule has 0 amide bonds. The van der Waals surface area contributed by atoms with Gasteiger partial charge in [0.15, 0.2) is 0 Å². The number of nitrogens with two attached hydrogens (primary N) is 1. The van der Waals surface area contributed by atoms with Gasteiger partial charge in [-0.25, -0.2) is 0 Å². The third-order valence-corrected chi connectivity index (χ3v) is 3.17. The fourth-order valence-electron chi connectivity index (χ4n) is 2.49. The van der Waals surface area contributed by atoms with Crippen molar-refractivity contribution < 1.29 is 9.84 Å². The number of anilines is 2. The van der Waals surface area contributed by atoms with E-state index in [0.717, 1.165) is 5.69 Å². The quantitative estimate of drug-likeness (QED) is 0.779. The number of aliphatic hydroxyl groups excluding tert-OH is 1. The van der Waals surface area contributed by atoms with Crippen LogP contribution in [0.2, 0.25) is 0 Å². The first-order chi connectivity index (χ1) is 8.95. The topological polar surface area (TPSA) is 82.5 Å². The number of nitrogen functional groups attached to an aromatic ring is 1. The fourth-order valence-corrected chi connectivity index (χ4v) is 2.49. The fraction of sp³-hybridized carbons (Fsp3) is 0.500. The number of ether oxygens (including phenoxy) is 1. The summed E-state index contributed by atoms with van der Waals surface area (Å²) in [6.07, 6.45) is -0.243. The van der Waals surface area contributed by atoms with E-state index in [1.807, 2.05) is 19.9 Å². The Hall–Kier alpha value is -1.77. The van der Waals surface area contributed by atoms with Crippen LogP contribution in [0, 0.1) is 11.3 Å². The maximum Gasteiger partial charge on any atom is 0.101 e. The molecule has 0 aromatic heterocycles. The minimum atomic E-state index is -0.361. The second-order valence-corrected chi connectivity index (χ2v) is 5.45. The molecule has 1 aromatic carbocycles. The molecule has 1 atom stereocenters. The van der Waals surface area contributed by atoms with Crippen molar-refractivity contribution >= 4 is 11.4 Å². The Labute approximate surface area is 113 Å². The number of aliphatic hydroxyl groups is 1. The molecule has 1 heterocycles. The third kappa shape index (κ3) is 2.98. The molecular weight excluding hydrogens is 242 g/mol. The van der Waals surface area contributed by atoms with Crippen molar-refractivity contribution in [3.63, 3.8) is 0 Å². The Bertz CT molecular complexity index is 508. The number of nitrogens with zero attached hydrogens (tertiary/aromatic N) is 2. The number of hydrogen-bond donors (Lipinski definition) is 2. The summed E-state index contributed by atoms with van der Waals surface area (Å²) >= 11 is 0. The molecule has 102 valence electrons. The van der Waals surface area contributed by atoms with E-state index in [1.54, 1.807) is 12.1 Å². The van der Waals surface area contributed by atoms with Crippen molar-refractivity contribution in [3.05, 3.63) is 23.8 Å². The maximum absolute atomic E-state index is 9.32. The first kappa shape index (κ1) is 13.7. The van der Waals surface area contributed by atoms with Crippen LogP contribution in [-0.2, 0) is 4.74 Å². The highest BCUT2D eigenvalue weighted by Crippen LogP contribution is 2.29. The molecule has 0 radical (unpaired) electrons. The molecule has 0 saturated carbocycles. The molecule has 3 N–H and O–H groups in total. The lowest BCUT2D eigenvalue weighted by atomic mass is 10.0. The SMILES string of the molecule is CC1(C)CN(c2ccc(N)cc2C#N)CC(CO)O1. The van der Waals surface area contributed by atoms with Crippen LogP contribution in [-0.4, -0.2) is 36.5 Å². The van der Waals surface area contributed by atoms with Gasteiger partial charge in [0.1, 0.15) is 6.07 Å². The van der Waals surface area contributed by atoms with Gasteiger partial charge in [-0.05, 0) is 32.0 Å². The van der Waals surface area contributed by atoms with E-state index in [0.29, 0.717) is 24.3 Å². The molecule has 1 unspecified atom stereocenters. The van der Waals surface area contributed by atoms with E-state index in [1.165, 1.54) is 0 Å². The van der Waals surface area contributed by atoms with Crippen LogP contribution >= 0.6 is 0 Å². The smallest absolute Gasteiger partial charge is 0.101 e. The van der Waals surface area contributed by atoms with E-state index >= 15 is 0 Å². The number of nitriles is 1. The van der Waals surface area contributed by atoms with E-state index in [4.69, 9.17) is 10.5 Å². The number of benzene rings is 1. The van der Waals surface area contributed by atoms with Crippen molar-refractivity contribution in [2.75, 3.05) is 30.3 Å².